The van der Waals surface area contributed by atoms with Gasteiger partial charge in [-0.1, -0.05) is 0 Å². The topological polar surface area (TPSA) is 72.7 Å². The second-order valence-corrected chi connectivity index (χ2v) is 6.38. The Morgan fingerprint density at radius 3 is 2.83 bits per heavy atom. The van der Waals surface area contributed by atoms with Crippen molar-refractivity contribution in [3.63, 3.8) is 0 Å². The Labute approximate surface area is 144 Å². The Hall–Kier alpha value is -2.54. The third kappa shape index (κ3) is 4.99. The SMILES string of the molecule is O=C(CCCc1nccs1)Nc1ccn(CCc2ccncc2)n1. The maximum atomic E-state index is 11.9. The first-order valence-corrected chi connectivity index (χ1v) is 8.78. The number of anilines is 1. The number of carbonyl (C=O) groups is 1. The maximum absolute atomic E-state index is 11.9. The number of carbonyl (C=O) groups excluding carboxylic acids is 1. The van der Waals surface area contributed by atoms with Crippen molar-refractivity contribution in [1.82, 2.24) is 19.7 Å². The Balaban J connectivity index is 1.41. The van der Waals surface area contributed by atoms with Crippen LogP contribution in [0.4, 0.5) is 5.82 Å². The number of hydrogen-bond donors (Lipinski definition) is 1. The first-order chi connectivity index (χ1) is 11.8. The van der Waals surface area contributed by atoms with E-state index in [0.717, 1.165) is 30.8 Å². The molecule has 0 fully saturated rings. The van der Waals surface area contributed by atoms with Crippen LogP contribution in [-0.4, -0.2) is 25.7 Å². The maximum Gasteiger partial charge on any atom is 0.225 e. The van der Waals surface area contributed by atoms with Crippen LogP contribution in [0.5, 0.6) is 0 Å². The lowest BCUT2D eigenvalue weighted by Crippen LogP contribution is -2.12. The predicted molar refractivity (Wildman–Crippen MR) is 93.8 cm³/mol. The summed E-state index contributed by atoms with van der Waals surface area (Å²) in [5.74, 6) is 0.593. The molecule has 124 valence electrons. The highest BCUT2D eigenvalue weighted by molar-refractivity contribution is 7.09. The zero-order valence-electron chi connectivity index (χ0n) is 13.3. The van der Waals surface area contributed by atoms with Gasteiger partial charge in [0, 0.05) is 49.2 Å². The van der Waals surface area contributed by atoms with Gasteiger partial charge in [-0.2, -0.15) is 5.10 Å². The summed E-state index contributed by atoms with van der Waals surface area (Å²) in [5.41, 5.74) is 1.22. The van der Waals surface area contributed by atoms with Crippen molar-refractivity contribution in [1.29, 1.82) is 0 Å². The Bertz CT molecular complexity index is 754. The molecule has 3 rings (SSSR count). The molecule has 0 bridgehead atoms. The molecule has 0 atom stereocenters. The molecule has 3 heterocycles. The minimum absolute atomic E-state index is 0.00839. The summed E-state index contributed by atoms with van der Waals surface area (Å²) >= 11 is 1.62. The normalized spacial score (nSPS) is 10.7. The second kappa shape index (κ2) is 8.35. The van der Waals surface area contributed by atoms with Crippen LogP contribution in [0.25, 0.3) is 0 Å². The van der Waals surface area contributed by atoms with E-state index in [1.807, 2.05) is 34.5 Å². The standard InChI is InChI=1S/C17H19N5OS/c23-16(2-1-3-17-19-10-13-24-17)20-15-7-12-22(21-15)11-6-14-4-8-18-9-5-14/h4-5,7-10,12-13H,1-3,6,11H2,(H,20,21,23). The van der Waals surface area contributed by atoms with Crippen LogP contribution in [-0.2, 0) is 24.2 Å². The third-order valence-electron chi connectivity index (χ3n) is 3.57. The number of thiazole rings is 1. The van der Waals surface area contributed by atoms with Crippen molar-refractivity contribution in [2.75, 3.05) is 5.32 Å². The highest BCUT2D eigenvalue weighted by Gasteiger charge is 2.06. The summed E-state index contributed by atoms with van der Waals surface area (Å²) < 4.78 is 1.84. The van der Waals surface area contributed by atoms with Gasteiger partial charge in [-0.25, -0.2) is 4.98 Å². The fourth-order valence-corrected chi connectivity index (χ4v) is 2.99. The van der Waals surface area contributed by atoms with Crippen molar-refractivity contribution in [3.8, 4) is 0 Å². The summed E-state index contributed by atoms with van der Waals surface area (Å²) in [6.07, 6.45) is 10.2. The van der Waals surface area contributed by atoms with E-state index < -0.39 is 0 Å². The molecule has 0 aromatic carbocycles. The average molecular weight is 341 g/mol. The fourth-order valence-electron chi connectivity index (χ4n) is 2.33. The van der Waals surface area contributed by atoms with Crippen molar-refractivity contribution in [2.45, 2.75) is 32.2 Å². The van der Waals surface area contributed by atoms with Gasteiger partial charge in [-0.05, 0) is 37.0 Å². The number of rotatable bonds is 8. The largest absolute Gasteiger partial charge is 0.309 e. The number of amides is 1. The monoisotopic (exact) mass is 341 g/mol. The fraction of sp³-hybridized carbons (Fsp3) is 0.294. The molecule has 0 saturated carbocycles. The van der Waals surface area contributed by atoms with E-state index in [1.54, 1.807) is 29.9 Å². The number of hydrogen-bond acceptors (Lipinski definition) is 5. The predicted octanol–water partition coefficient (Wildman–Crippen LogP) is 2.94. The lowest BCUT2D eigenvalue weighted by atomic mass is 10.2. The average Bonchev–Trinajstić information content (AvgIpc) is 3.26. The molecule has 0 spiro atoms. The van der Waals surface area contributed by atoms with E-state index in [9.17, 15) is 4.79 Å². The second-order valence-electron chi connectivity index (χ2n) is 5.40. The van der Waals surface area contributed by atoms with Gasteiger partial charge in [0.2, 0.25) is 5.91 Å². The number of nitrogens with zero attached hydrogens (tertiary/aromatic N) is 4. The van der Waals surface area contributed by atoms with Gasteiger partial charge in [0.05, 0.1) is 5.01 Å². The molecule has 0 unspecified atom stereocenters. The summed E-state index contributed by atoms with van der Waals surface area (Å²) in [6, 6.07) is 5.81. The lowest BCUT2D eigenvalue weighted by molar-refractivity contribution is -0.116. The Kier molecular flexibility index (Phi) is 5.68. The van der Waals surface area contributed by atoms with Crippen molar-refractivity contribution in [3.05, 3.63) is 58.9 Å². The van der Waals surface area contributed by atoms with E-state index in [4.69, 9.17) is 0 Å². The molecule has 0 saturated heterocycles. The number of pyridine rings is 1. The van der Waals surface area contributed by atoms with Crippen LogP contribution in [0.2, 0.25) is 0 Å². The van der Waals surface area contributed by atoms with Gasteiger partial charge in [-0.15, -0.1) is 11.3 Å². The van der Waals surface area contributed by atoms with E-state index in [0.29, 0.717) is 12.2 Å². The first kappa shape index (κ1) is 16.3. The van der Waals surface area contributed by atoms with E-state index >= 15 is 0 Å². The minimum Gasteiger partial charge on any atom is -0.309 e. The van der Waals surface area contributed by atoms with Gasteiger partial charge >= 0.3 is 0 Å². The van der Waals surface area contributed by atoms with Crippen LogP contribution in [0.1, 0.15) is 23.4 Å². The zero-order chi connectivity index (χ0) is 16.6. The molecule has 3 aromatic heterocycles. The molecule has 7 heteroatoms. The highest BCUT2D eigenvalue weighted by Crippen LogP contribution is 2.10. The molecule has 24 heavy (non-hydrogen) atoms. The van der Waals surface area contributed by atoms with E-state index in [2.05, 4.69) is 20.4 Å². The smallest absolute Gasteiger partial charge is 0.225 e. The van der Waals surface area contributed by atoms with Gasteiger partial charge in [-0.3, -0.25) is 14.5 Å². The van der Waals surface area contributed by atoms with Gasteiger partial charge < -0.3 is 5.32 Å². The molecule has 0 aliphatic heterocycles. The van der Waals surface area contributed by atoms with Crippen LogP contribution >= 0.6 is 11.3 Å². The van der Waals surface area contributed by atoms with Crippen LogP contribution < -0.4 is 5.32 Å². The summed E-state index contributed by atoms with van der Waals surface area (Å²) in [4.78, 5) is 20.2. The zero-order valence-corrected chi connectivity index (χ0v) is 14.1. The highest BCUT2D eigenvalue weighted by atomic mass is 32.1. The lowest BCUT2D eigenvalue weighted by Gasteiger charge is -2.03. The van der Waals surface area contributed by atoms with E-state index in [1.165, 1.54) is 5.56 Å². The molecule has 0 aliphatic rings. The summed E-state index contributed by atoms with van der Waals surface area (Å²) in [5, 5.41) is 10.2. The number of aryl methyl sites for hydroxylation is 3. The number of aromatic nitrogens is 4. The van der Waals surface area contributed by atoms with Gasteiger partial charge in [0.25, 0.3) is 0 Å². The molecule has 6 nitrogen and oxygen atoms in total. The molecule has 0 aliphatic carbocycles. The Morgan fingerprint density at radius 2 is 2.04 bits per heavy atom. The van der Waals surface area contributed by atoms with Crippen molar-refractivity contribution < 1.29 is 4.79 Å². The molecule has 1 amide bonds. The van der Waals surface area contributed by atoms with Gasteiger partial charge in [0.15, 0.2) is 5.82 Å². The summed E-state index contributed by atoms with van der Waals surface area (Å²) in [6.45, 7) is 0.768. The van der Waals surface area contributed by atoms with E-state index in [-0.39, 0.29) is 5.91 Å². The third-order valence-corrected chi connectivity index (χ3v) is 4.40. The van der Waals surface area contributed by atoms with Crippen LogP contribution in [0.3, 0.4) is 0 Å². The first-order valence-electron chi connectivity index (χ1n) is 7.90. The molecular formula is C17H19N5OS. The molecule has 3 aromatic rings. The Morgan fingerprint density at radius 1 is 1.17 bits per heavy atom. The summed E-state index contributed by atoms with van der Waals surface area (Å²) in [7, 11) is 0. The quantitative estimate of drug-likeness (QED) is 0.684. The van der Waals surface area contributed by atoms with Gasteiger partial charge in [0.1, 0.15) is 0 Å². The van der Waals surface area contributed by atoms with Crippen LogP contribution in [0, 0.1) is 0 Å². The van der Waals surface area contributed by atoms with Crippen molar-refractivity contribution >= 4 is 23.1 Å². The number of nitrogens with one attached hydrogen (secondary N) is 1. The molecule has 1 N–H and O–H groups in total. The molecular weight excluding hydrogens is 322 g/mol. The van der Waals surface area contributed by atoms with Crippen molar-refractivity contribution in [2.24, 2.45) is 0 Å². The minimum atomic E-state index is -0.00839. The molecule has 0 radical (unpaired) electrons. The van der Waals surface area contributed by atoms with Crippen LogP contribution in [0.15, 0.2) is 48.4 Å².